The van der Waals surface area contributed by atoms with Gasteiger partial charge in [0.1, 0.15) is 12.1 Å². The van der Waals surface area contributed by atoms with Crippen LogP contribution in [0.1, 0.15) is 33.6 Å². The molecule has 6 N–H and O–H groups in total. The van der Waals surface area contributed by atoms with Crippen LogP contribution in [0.5, 0.6) is 0 Å². The van der Waals surface area contributed by atoms with Crippen molar-refractivity contribution < 1.29 is 24.9 Å². The van der Waals surface area contributed by atoms with Crippen LogP contribution < -0.4 is 11.1 Å². The third-order valence-electron chi connectivity index (χ3n) is 2.36. The number of nitrogens with one attached hydrogen (secondary N) is 1. The number of hydrogen-bond acceptors (Lipinski definition) is 5. The molecule has 0 amide bonds. The van der Waals surface area contributed by atoms with E-state index in [0.29, 0.717) is 6.54 Å². The monoisotopic (exact) mass is 278 g/mol. The van der Waals surface area contributed by atoms with Crippen molar-refractivity contribution in [2.75, 3.05) is 13.2 Å². The van der Waals surface area contributed by atoms with Crippen LogP contribution in [0.4, 0.5) is 0 Å². The summed E-state index contributed by atoms with van der Waals surface area (Å²) < 4.78 is 0. The van der Waals surface area contributed by atoms with E-state index in [4.69, 9.17) is 21.1 Å². The van der Waals surface area contributed by atoms with Crippen molar-refractivity contribution in [2.45, 2.75) is 45.7 Å². The van der Waals surface area contributed by atoms with Crippen molar-refractivity contribution in [2.24, 2.45) is 11.7 Å². The normalized spacial score (nSPS) is 13.4. The van der Waals surface area contributed by atoms with E-state index in [2.05, 4.69) is 5.32 Å². The van der Waals surface area contributed by atoms with Crippen molar-refractivity contribution >= 4 is 11.9 Å². The second-order valence-electron chi connectivity index (χ2n) is 4.47. The van der Waals surface area contributed by atoms with E-state index >= 15 is 0 Å². The summed E-state index contributed by atoms with van der Waals surface area (Å²) in [5.74, 6) is -1.81. The van der Waals surface area contributed by atoms with Crippen molar-refractivity contribution in [3.05, 3.63) is 0 Å². The lowest BCUT2D eigenvalue weighted by Crippen LogP contribution is -2.37. The first-order chi connectivity index (χ1) is 8.77. The highest BCUT2D eigenvalue weighted by Gasteiger charge is 2.14. The molecule has 0 aliphatic rings. The highest BCUT2D eigenvalue weighted by Crippen LogP contribution is 1.96. The minimum absolute atomic E-state index is 0.0208. The van der Waals surface area contributed by atoms with E-state index in [0.717, 1.165) is 6.42 Å². The Balaban J connectivity index is 0. The lowest BCUT2D eigenvalue weighted by Gasteiger charge is -2.11. The lowest BCUT2D eigenvalue weighted by molar-refractivity contribution is -0.140. The Bertz CT molecular complexity index is 259. The number of rotatable bonds is 8. The van der Waals surface area contributed by atoms with Gasteiger partial charge in [-0.3, -0.25) is 9.59 Å². The van der Waals surface area contributed by atoms with Crippen LogP contribution in [0.25, 0.3) is 0 Å². The number of aliphatic hydroxyl groups excluding tert-OH is 1. The first-order valence-corrected chi connectivity index (χ1v) is 6.33. The van der Waals surface area contributed by atoms with Gasteiger partial charge < -0.3 is 26.4 Å². The summed E-state index contributed by atoms with van der Waals surface area (Å²) in [5, 5.41) is 28.1. The first-order valence-electron chi connectivity index (χ1n) is 6.33. The first kappa shape index (κ1) is 20.1. The molecule has 114 valence electrons. The summed E-state index contributed by atoms with van der Waals surface area (Å²) >= 11 is 0. The van der Waals surface area contributed by atoms with Gasteiger partial charge in [-0.15, -0.1) is 0 Å². The van der Waals surface area contributed by atoms with Gasteiger partial charge in [-0.05, 0) is 25.3 Å². The fraction of sp³-hybridized carbons (Fsp3) is 0.833. The quantitative estimate of drug-likeness (QED) is 0.418. The molecule has 0 aromatic rings. The minimum atomic E-state index is -0.931. The molecule has 0 saturated heterocycles. The van der Waals surface area contributed by atoms with E-state index < -0.39 is 24.0 Å². The van der Waals surface area contributed by atoms with Crippen LogP contribution in [0.15, 0.2) is 0 Å². The summed E-state index contributed by atoms with van der Waals surface area (Å²) in [6.07, 6.45) is 1.17. The zero-order chi connectivity index (χ0) is 15.4. The van der Waals surface area contributed by atoms with Gasteiger partial charge in [0.05, 0.1) is 0 Å². The van der Waals surface area contributed by atoms with Gasteiger partial charge in [0, 0.05) is 6.61 Å². The van der Waals surface area contributed by atoms with Crippen LogP contribution in [0, 0.1) is 5.92 Å². The molecule has 0 rings (SSSR count). The number of carboxylic acids is 2. The van der Waals surface area contributed by atoms with Crippen molar-refractivity contribution in [1.29, 1.82) is 0 Å². The van der Waals surface area contributed by atoms with Crippen molar-refractivity contribution in [1.82, 2.24) is 5.32 Å². The molecule has 0 fully saturated rings. The molecule has 0 spiro atoms. The van der Waals surface area contributed by atoms with Gasteiger partial charge in [-0.25, -0.2) is 0 Å². The Hall–Kier alpha value is -1.18. The van der Waals surface area contributed by atoms with Crippen LogP contribution in [0.2, 0.25) is 0 Å². The smallest absolute Gasteiger partial charge is 0.320 e. The van der Waals surface area contributed by atoms with Gasteiger partial charge in [0.25, 0.3) is 0 Å². The number of nitrogens with two attached hydrogens (primary N) is 1. The predicted molar refractivity (Wildman–Crippen MR) is 71.9 cm³/mol. The molecular formula is C12H26N2O5. The summed E-state index contributed by atoms with van der Waals surface area (Å²) in [7, 11) is 0. The van der Waals surface area contributed by atoms with Gasteiger partial charge in [0.15, 0.2) is 0 Å². The summed E-state index contributed by atoms with van der Waals surface area (Å²) in [4.78, 5) is 20.4. The van der Waals surface area contributed by atoms with Gasteiger partial charge in [-0.1, -0.05) is 20.8 Å². The largest absolute Gasteiger partial charge is 0.480 e. The maximum atomic E-state index is 10.4. The zero-order valence-corrected chi connectivity index (χ0v) is 11.8. The lowest BCUT2D eigenvalue weighted by atomic mass is 10.1. The third-order valence-corrected chi connectivity index (χ3v) is 2.36. The number of carbonyl (C=O) groups is 2. The van der Waals surface area contributed by atoms with Crippen LogP contribution in [-0.2, 0) is 9.59 Å². The topological polar surface area (TPSA) is 133 Å². The Morgan fingerprint density at radius 1 is 1.21 bits per heavy atom. The number of aliphatic carboxylic acids is 2. The molecule has 0 heterocycles. The molecule has 7 heteroatoms. The Labute approximate surface area is 113 Å². The molecule has 0 aromatic heterocycles. The SMILES string of the molecule is CC(C)C(N)C(=O)O.CCCNC(CCO)C(=O)O. The summed E-state index contributed by atoms with van der Waals surface area (Å²) in [6.45, 7) is 6.10. The average molecular weight is 278 g/mol. The molecule has 0 saturated carbocycles. The van der Waals surface area contributed by atoms with Gasteiger partial charge in [0.2, 0.25) is 0 Å². The predicted octanol–water partition coefficient (Wildman–Crippen LogP) is -0.124. The van der Waals surface area contributed by atoms with Crippen LogP contribution >= 0.6 is 0 Å². The highest BCUT2D eigenvalue weighted by molar-refractivity contribution is 5.73. The number of carboxylic acid groups (broad SMARTS) is 2. The maximum absolute atomic E-state index is 10.4. The minimum Gasteiger partial charge on any atom is -0.480 e. The molecule has 0 aromatic carbocycles. The van der Waals surface area contributed by atoms with Crippen molar-refractivity contribution in [3.63, 3.8) is 0 Å². The van der Waals surface area contributed by atoms with E-state index in [9.17, 15) is 9.59 Å². The van der Waals surface area contributed by atoms with Crippen LogP contribution in [0.3, 0.4) is 0 Å². The van der Waals surface area contributed by atoms with E-state index in [-0.39, 0.29) is 18.9 Å². The average Bonchev–Trinajstić information content (AvgIpc) is 2.33. The zero-order valence-electron chi connectivity index (χ0n) is 11.8. The molecule has 0 aliphatic carbocycles. The molecule has 0 radical (unpaired) electrons. The van der Waals surface area contributed by atoms with Crippen molar-refractivity contribution in [3.8, 4) is 0 Å². The maximum Gasteiger partial charge on any atom is 0.320 e. The molecule has 0 bridgehead atoms. The fourth-order valence-corrected chi connectivity index (χ4v) is 1.05. The second-order valence-corrected chi connectivity index (χ2v) is 4.47. The molecule has 19 heavy (non-hydrogen) atoms. The molecule has 2 unspecified atom stereocenters. The van der Waals surface area contributed by atoms with E-state index in [1.807, 2.05) is 6.92 Å². The Kier molecular flexibility index (Phi) is 12.6. The number of hydrogen-bond donors (Lipinski definition) is 5. The van der Waals surface area contributed by atoms with Crippen LogP contribution in [-0.4, -0.2) is 52.5 Å². The molecule has 2 atom stereocenters. The second kappa shape index (κ2) is 11.9. The summed E-state index contributed by atoms with van der Waals surface area (Å²) in [5.41, 5.74) is 5.16. The molecule has 7 nitrogen and oxygen atoms in total. The molecule has 0 aliphatic heterocycles. The van der Waals surface area contributed by atoms with Gasteiger partial charge >= 0.3 is 11.9 Å². The van der Waals surface area contributed by atoms with E-state index in [1.165, 1.54) is 0 Å². The molecular weight excluding hydrogens is 252 g/mol. The third kappa shape index (κ3) is 11.6. The Morgan fingerprint density at radius 2 is 1.74 bits per heavy atom. The highest BCUT2D eigenvalue weighted by atomic mass is 16.4. The Morgan fingerprint density at radius 3 is 1.95 bits per heavy atom. The summed E-state index contributed by atoms with van der Waals surface area (Å²) in [6, 6.07) is -1.31. The number of aliphatic hydroxyl groups is 1. The standard InChI is InChI=1S/C7H15NO3.C5H11NO2/c1-2-4-8-6(3-5-9)7(10)11;1-3(2)4(6)5(7)8/h6,8-9H,2-5H2,1H3,(H,10,11);3-4H,6H2,1-2H3,(H,7,8). The fourth-order valence-electron chi connectivity index (χ4n) is 1.05. The van der Waals surface area contributed by atoms with E-state index in [1.54, 1.807) is 13.8 Å². The van der Waals surface area contributed by atoms with Gasteiger partial charge in [-0.2, -0.15) is 0 Å².